The quantitative estimate of drug-likeness (QED) is 0.283. The van der Waals surface area contributed by atoms with Gasteiger partial charge in [-0.05, 0) is 31.0 Å². The lowest BCUT2D eigenvalue weighted by atomic mass is 10.0. The fourth-order valence-electron chi connectivity index (χ4n) is 3.29. The number of hydrogen-bond acceptors (Lipinski definition) is 3. The molecule has 2 atom stereocenters. The number of aliphatic imine (C=N–C) groups is 1. The summed E-state index contributed by atoms with van der Waals surface area (Å²) < 4.78 is 1.89. The highest BCUT2D eigenvalue weighted by Crippen LogP contribution is 2.27. The van der Waals surface area contributed by atoms with Crippen molar-refractivity contribution in [3.63, 3.8) is 0 Å². The molecular weight excluding hydrogens is 469 g/mol. The smallest absolute Gasteiger partial charge is 0.193 e. The molecule has 27 heavy (non-hydrogen) atoms. The Balaban J connectivity index is 0.00000261. The van der Waals surface area contributed by atoms with Crippen LogP contribution in [0.5, 0.6) is 0 Å². The van der Waals surface area contributed by atoms with Gasteiger partial charge in [-0.15, -0.1) is 35.7 Å². The molecule has 148 valence electrons. The van der Waals surface area contributed by atoms with Gasteiger partial charge in [-0.3, -0.25) is 9.67 Å². The van der Waals surface area contributed by atoms with E-state index in [0.29, 0.717) is 11.2 Å². The molecule has 1 aliphatic heterocycles. The zero-order valence-electron chi connectivity index (χ0n) is 16.3. The van der Waals surface area contributed by atoms with Crippen molar-refractivity contribution >= 4 is 41.7 Å². The van der Waals surface area contributed by atoms with Crippen molar-refractivity contribution < 1.29 is 0 Å². The van der Waals surface area contributed by atoms with Crippen LogP contribution in [0.25, 0.3) is 0 Å². The van der Waals surface area contributed by atoms with Crippen LogP contribution in [0.3, 0.4) is 0 Å². The van der Waals surface area contributed by atoms with Crippen LogP contribution in [0, 0.1) is 0 Å². The summed E-state index contributed by atoms with van der Waals surface area (Å²) in [6.45, 7) is 8.14. The molecule has 2 unspecified atom stereocenters. The third kappa shape index (κ3) is 6.41. The summed E-state index contributed by atoms with van der Waals surface area (Å²) in [6, 6.07) is 10.6. The first-order valence-corrected chi connectivity index (χ1v) is 10.3. The highest BCUT2D eigenvalue weighted by Gasteiger charge is 2.27. The number of nitrogens with zero attached hydrogens (tertiary/aromatic N) is 4. The minimum Gasteiger partial charge on any atom is -0.357 e. The molecule has 0 aliphatic carbocycles. The Morgan fingerprint density at radius 3 is 2.81 bits per heavy atom. The second-order valence-corrected chi connectivity index (χ2v) is 8.33. The van der Waals surface area contributed by atoms with Gasteiger partial charge in [0.1, 0.15) is 0 Å². The van der Waals surface area contributed by atoms with Gasteiger partial charge in [-0.1, -0.05) is 25.1 Å². The van der Waals surface area contributed by atoms with E-state index in [2.05, 4.69) is 65.7 Å². The summed E-state index contributed by atoms with van der Waals surface area (Å²) in [7, 11) is 1.98. The largest absolute Gasteiger partial charge is 0.357 e. The zero-order chi connectivity index (χ0) is 18.4. The highest BCUT2D eigenvalue weighted by atomic mass is 127. The van der Waals surface area contributed by atoms with Crippen molar-refractivity contribution in [1.29, 1.82) is 0 Å². The van der Waals surface area contributed by atoms with Crippen molar-refractivity contribution in [2.75, 3.05) is 26.2 Å². The molecule has 1 aromatic heterocycles. The normalized spacial score (nSPS) is 18.3. The molecule has 2 aromatic rings. The Kier molecular flexibility index (Phi) is 8.95. The Morgan fingerprint density at radius 1 is 1.37 bits per heavy atom. The lowest BCUT2D eigenvalue weighted by molar-refractivity contribution is 0.486. The lowest BCUT2D eigenvalue weighted by Gasteiger charge is -2.22. The number of guanidine groups is 1. The maximum Gasteiger partial charge on any atom is 0.193 e. The fourth-order valence-corrected chi connectivity index (χ4v) is 4.21. The van der Waals surface area contributed by atoms with Crippen molar-refractivity contribution in [2.24, 2.45) is 12.0 Å². The maximum absolute atomic E-state index is 4.91. The Hall–Kier alpha value is -1.22. The number of rotatable bonds is 6. The molecule has 1 aliphatic rings. The minimum absolute atomic E-state index is 0. The van der Waals surface area contributed by atoms with E-state index in [4.69, 9.17) is 4.99 Å². The first-order valence-electron chi connectivity index (χ1n) is 9.39. The van der Waals surface area contributed by atoms with Gasteiger partial charge >= 0.3 is 0 Å². The number of halogens is 1. The topological polar surface area (TPSA) is 45.5 Å². The molecule has 1 aromatic carbocycles. The third-order valence-corrected chi connectivity index (χ3v) is 5.69. The maximum atomic E-state index is 4.91. The second-order valence-electron chi connectivity index (χ2n) is 6.82. The summed E-state index contributed by atoms with van der Waals surface area (Å²) in [5, 5.41) is 8.23. The van der Waals surface area contributed by atoms with Crippen LogP contribution in [0.15, 0.2) is 52.6 Å². The predicted molar refractivity (Wildman–Crippen MR) is 125 cm³/mol. The molecule has 3 rings (SSSR count). The van der Waals surface area contributed by atoms with E-state index in [0.717, 1.165) is 38.6 Å². The summed E-state index contributed by atoms with van der Waals surface area (Å²) in [4.78, 5) is 8.61. The third-order valence-electron chi connectivity index (χ3n) is 4.60. The molecule has 1 N–H and O–H groups in total. The number of aromatic nitrogens is 2. The number of likely N-dealkylation sites (tertiary alicyclic amines) is 1. The molecule has 5 nitrogen and oxygen atoms in total. The molecule has 0 amide bonds. The lowest BCUT2D eigenvalue weighted by Crippen LogP contribution is -2.40. The number of thioether (sulfide) groups is 1. The van der Waals surface area contributed by atoms with Gasteiger partial charge in [0, 0.05) is 48.9 Å². The number of benzene rings is 1. The van der Waals surface area contributed by atoms with Crippen LogP contribution in [0.4, 0.5) is 0 Å². The van der Waals surface area contributed by atoms with Crippen LogP contribution < -0.4 is 5.32 Å². The van der Waals surface area contributed by atoms with Crippen LogP contribution >= 0.6 is 35.7 Å². The van der Waals surface area contributed by atoms with Gasteiger partial charge in [-0.2, -0.15) is 5.10 Å². The summed E-state index contributed by atoms with van der Waals surface area (Å²) in [5.74, 6) is 1.59. The van der Waals surface area contributed by atoms with E-state index >= 15 is 0 Å². The summed E-state index contributed by atoms with van der Waals surface area (Å²) in [5.41, 5.74) is 1.33. The Bertz CT molecular complexity index is 718. The molecule has 2 heterocycles. The Morgan fingerprint density at radius 2 is 2.15 bits per heavy atom. The zero-order valence-corrected chi connectivity index (χ0v) is 19.5. The average Bonchev–Trinajstić information content (AvgIpc) is 3.28. The predicted octanol–water partition coefficient (Wildman–Crippen LogP) is 3.97. The summed E-state index contributed by atoms with van der Waals surface area (Å²) >= 11 is 1.88. The van der Waals surface area contributed by atoms with E-state index < -0.39 is 0 Å². The van der Waals surface area contributed by atoms with Crippen molar-refractivity contribution in [3.8, 4) is 0 Å². The van der Waals surface area contributed by atoms with Gasteiger partial charge in [-0.25, -0.2) is 0 Å². The van der Waals surface area contributed by atoms with E-state index in [-0.39, 0.29) is 24.0 Å². The van der Waals surface area contributed by atoms with Gasteiger partial charge in [0.2, 0.25) is 0 Å². The fraction of sp³-hybridized carbons (Fsp3) is 0.500. The minimum atomic E-state index is 0. The average molecular weight is 499 g/mol. The van der Waals surface area contributed by atoms with Gasteiger partial charge in [0.25, 0.3) is 0 Å². The first kappa shape index (κ1) is 22.1. The van der Waals surface area contributed by atoms with Crippen LogP contribution in [0.2, 0.25) is 0 Å². The van der Waals surface area contributed by atoms with Crippen molar-refractivity contribution in [2.45, 2.75) is 36.3 Å². The number of aryl methyl sites for hydroxylation is 1. The standard InChI is InChI=1S/C20H29N5S.HI/c1-4-21-20(22-12-16(2)26-19-8-6-5-7-9-19)25-11-10-17(15-25)18-13-23-24(3)14-18;/h5-9,13-14,16-17H,4,10-12,15H2,1-3H3,(H,21,22);1H. The molecule has 0 radical (unpaired) electrons. The summed E-state index contributed by atoms with van der Waals surface area (Å²) in [6.07, 6.45) is 5.29. The first-order chi connectivity index (χ1) is 12.7. The highest BCUT2D eigenvalue weighted by molar-refractivity contribution is 14.0. The SMILES string of the molecule is CCNC(=NCC(C)Sc1ccccc1)N1CCC(c2cnn(C)c2)C1.I. The van der Waals surface area contributed by atoms with Gasteiger partial charge in [0.05, 0.1) is 12.7 Å². The van der Waals surface area contributed by atoms with E-state index in [1.54, 1.807) is 0 Å². The van der Waals surface area contributed by atoms with Crippen LogP contribution in [0.1, 0.15) is 31.7 Å². The molecule has 7 heteroatoms. The molecule has 0 saturated carbocycles. The molecule has 0 spiro atoms. The second kappa shape index (κ2) is 10.9. The number of nitrogens with one attached hydrogen (secondary N) is 1. The van der Waals surface area contributed by atoms with E-state index in [1.807, 2.05) is 29.7 Å². The van der Waals surface area contributed by atoms with Crippen molar-refractivity contribution in [1.82, 2.24) is 20.0 Å². The number of hydrogen-bond donors (Lipinski definition) is 1. The van der Waals surface area contributed by atoms with E-state index in [1.165, 1.54) is 10.5 Å². The molecule has 0 bridgehead atoms. The molecule has 1 fully saturated rings. The monoisotopic (exact) mass is 499 g/mol. The van der Waals surface area contributed by atoms with Gasteiger partial charge < -0.3 is 10.2 Å². The van der Waals surface area contributed by atoms with E-state index in [9.17, 15) is 0 Å². The Labute approximate surface area is 184 Å². The molecule has 1 saturated heterocycles. The van der Waals surface area contributed by atoms with Crippen LogP contribution in [-0.4, -0.2) is 52.1 Å². The van der Waals surface area contributed by atoms with Crippen molar-refractivity contribution in [3.05, 3.63) is 48.3 Å². The van der Waals surface area contributed by atoms with Crippen LogP contribution in [-0.2, 0) is 7.05 Å². The molecular formula is C20H30IN5S. The van der Waals surface area contributed by atoms with Gasteiger partial charge in [0.15, 0.2) is 5.96 Å².